The standard InChI is InChI=1S/C17H18N4/c1-13-9-15(14-5-3-2-4-6-14)7-8-21(13)17-12-19-16(10-18)11-20-17/h2-6,11-13,15H,7-9H2,1H3/t13-,15+/m0/s1. The third-order valence-electron chi connectivity index (χ3n) is 4.19. The summed E-state index contributed by atoms with van der Waals surface area (Å²) in [7, 11) is 0. The molecule has 0 bridgehead atoms. The van der Waals surface area contributed by atoms with Crippen LogP contribution in [0.15, 0.2) is 42.7 Å². The highest BCUT2D eigenvalue weighted by atomic mass is 15.2. The number of aromatic nitrogens is 2. The predicted octanol–water partition coefficient (Wildman–Crippen LogP) is 3.12. The summed E-state index contributed by atoms with van der Waals surface area (Å²) in [6, 6.07) is 13.1. The second kappa shape index (κ2) is 5.92. The Bertz CT molecular complexity index is 630. The molecule has 1 fully saturated rings. The largest absolute Gasteiger partial charge is 0.353 e. The van der Waals surface area contributed by atoms with Crippen LogP contribution in [-0.4, -0.2) is 22.6 Å². The Kier molecular flexibility index (Phi) is 3.83. The number of nitriles is 1. The highest BCUT2D eigenvalue weighted by molar-refractivity contribution is 5.40. The average Bonchev–Trinajstić information content (AvgIpc) is 2.56. The number of rotatable bonds is 2. The van der Waals surface area contributed by atoms with Gasteiger partial charge in [0.2, 0.25) is 0 Å². The molecular weight excluding hydrogens is 260 g/mol. The molecule has 2 heterocycles. The van der Waals surface area contributed by atoms with E-state index < -0.39 is 0 Å². The Morgan fingerprint density at radius 1 is 1.19 bits per heavy atom. The summed E-state index contributed by atoms with van der Waals surface area (Å²) >= 11 is 0. The van der Waals surface area contributed by atoms with Crippen LogP contribution in [0.5, 0.6) is 0 Å². The SMILES string of the molecule is C[C@H]1C[C@H](c2ccccc2)CCN1c1cnc(C#N)cn1. The van der Waals surface area contributed by atoms with E-state index in [0.29, 0.717) is 17.7 Å². The van der Waals surface area contributed by atoms with E-state index >= 15 is 0 Å². The van der Waals surface area contributed by atoms with Gasteiger partial charge >= 0.3 is 0 Å². The summed E-state index contributed by atoms with van der Waals surface area (Å²) in [6.45, 7) is 3.20. The molecule has 2 aromatic rings. The normalized spacial score (nSPS) is 21.8. The average molecular weight is 278 g/mol. The molecule has 1 aliphatic rings. The number of piperidine rings is 1. The zero-order valence-electron chi connectivity index (χ0n) is 12.1. The van der Waals surface area contributed by atoms with Gasteiger partial charge < -0.3 is 4.90 Å². The van der Waals surface area contributed by atoms with Crippen LogP contribution >= 0.6 is 0 Å². The highest BCUT2D eigenvalue weighted by Gasteiger charge is 2.27. The lowest BCUT2D eigenvalue weighted by molar-refractivity contribution is 0.428. The van der Waals surface area contributed by atoms with Crippen LogP contribution in [0.4, 0.5) is 5.82 Å². The van der Waals surface area contributed by atoms with Crippen LogP contribution in [-0.2, 0) is 0 Å². The first-order valence-corrected chi connectivity index (χ1v) is 7.31. The van der Waals surface area contributed by atoms with Crippen LogP contribution in [0.3, 0.4) is 0 Å². The summed E-state index contributed by atoms with van der Waals surface area (Å²) in [5, 5.41) is 8.79. The van der Waals surface area contributed by atoms with E-state index in [1.165, 1.54) is 5.56 Å². The first-order valence-electron chi connectivity index (χ1n) is 7.31. The van der Waals surface area contributed by atoms with E-state index in [9.17, 15) is 0 Å². The molecule has 0 N–H and O–H groups in total. The summed E-state index contributed by atoms with van der Waals surface area (Å²) in [5.74, 6) is 1.48. The molecule has 1 saturated heterocycles. The molecule has 0 amide bonds. The first kappa shape index (κ1) is 13.6. The third kappa shape index (κ3) is 2.87. The number of nitrogens with zero attached hydrogens (tertiary/aromatic N) is 4. The Morgan fingerprint density at radius 2 is 2.00 bits per heavy atom. The van der Waals surface area contributed by atoms with Crippen molar-refractivity contribution in [3.63, 3.8) is 0 Å². The van der Waals surface area contributed by atoms with Crippen LogP contribution in [0.25, 0.3) is 0 Å². The summed E-state index contributed by atoms with van der Waals surface area (Å²) in [4.78, 5) is 10.8. The smallest absolute Gasteiger partial charge is 0.158 e. The van der Waals surface area contributed by atoms with Crippen LogP contribution in [0, 0.1) is 11.3 Å². The quantitative estimate of drug-likeness (QED) is 0.847. The fourth-order valence-electron chi connectivity index (χ4n) is 3.07. The third-order valence-corrected chi connectivity index (χ3v) is 4.19. The van der Waals surface area contributed by atoms with Crippen LogP contribution in [0.2, 0.25) is 0 Å². The minimum absolute atomic E-state index is 0.366. The molecule has 2 atom stereocenters. The minimum atomic E-state index is 0.366. The monoisotopic (exact) mass is 278 g/mol. The number of hydrogen-bond acceptors (Lipinski definition) is 4. The maximum atomic E-state index is 8.79. The molecular formula is C17H18N4. The van der Waals surface area contributed by atoms with Crippen molar-refractivity contribution in [3.05, 3.63) is 54.0 Å². The van der Waals surface area contributed by atoms with Gasteiger partial charge in [-0.15, -0.1) is 0 Å². The first-order chi connectivity index (χ1) is 10.3. The van der Waals surface area contributed by atoms with E-state index in [-0.39, 0.29) is 0 Å². The zero-order valence-corrected chi connectivity index (χ0v) is 12.1. The Hall–Kier alpha value is -2.41. The Labute approximate surface area is 125 Å². The summed E-state index contributed by atoms with van der Waals surface area (Å²) < 4.78 is 0. The molecule has 0 radical (unpaired) electrons. The van der Waals surface area contributed by atoms with Crippen molar-refractivity contribution in [2.24, 2.45) is 0 Å². The summed E-state index contributed by atoms with van der Waals surface area (Å²) in [6.07, 6.45) is 5.49. The fourth-order valence-corrected chi connectivity index (χ4v) is 3.07. The van der Waals surface area contributed by atoms with Gasteiger partial charge in [-0.05, 0) is 31.2 Å². The van der Waals surface area contributed by atoms with Crippen molar-refractivity contribution in [2.75, 3.05) is 11.4 Å². The van der Waals surface area contributed by atoms with Crippen molar-refractivity contribution in [3.8, 4) is 6.07 Å². The molecule has 3 rings (SSSR count). The van der Waals surface area contributed by atoms with Gasteiger partial charge in [-0.2, -0.15) is 5.26 Å². The molecule has 0 saturated carbocycles. The lowest BCUT2D eigenvalue weighted by atomic mass is 9.86. The van der Waals surface area contributed by atoms with Gasteiger partial charge in [0, 0.05) is 12.6 Å². The molecule has 1 aliphatic heterocycles. The lowest BCUT2D eigenvalue weighted by Gasteiger charge is -2.38. The van der Waals surface area contributed by atoms with E-state index in [0.717, 1.165) is 25.2 Å². The fraction of sp³-hybridized carbons (Fsp3) is 0.353. The van der Waals surface area contributed by atoms with Gasteiger partial charge in [-0.1, -0.05) is 30.3 Å². The molecule has 4 heteroatoms. The van der Waals surface area contributed by atoms with Gasteiger partial charge in [0.1, 0.15) is 11.9 Å². The van der Waals surface area contributed by atoms with Crippen molar-refractivity contribution in [2.45, 2.75) is 31.7 Å². The van der Waals surface area contributed by atoms with Crippen LogP contribution in [0.1, 0.15) is 36.9 Å². The van der Waals surface area contributed by atoms with Gasteiger partial charge in [0.25, 0.3) is 0 Å². The molecule has 0 aliphatic carbocycles. The van der Waals surface area contributed by atoms with Gasteiger partial charge in [-0.25, -0.2) is 9.97 Å². The van der Waals surface area contributed by atoms with Crippen molar-refractivity contribution < 1.29 is 0 Å². The number of benzene rings is 1. The van der Waals surface area contributed by atoms with E-state index in [1.54, 1.807) is 12.4 Å². The van der Waals surface area contributed by atoms with Gasteiger partial charge in [0.05, 0.1) is 12.4 Å². The lowest BCUT2D eigenvalue weighted by Crippen LogP contribution is -2.40. The number of hydrogen-bond donors (Lipinski definition) is 0. The maximum absolute atomic E-state index is 8.79. The second-order valence-corrected chi connectivity index (χ2v) is 5.55. The Morgan fingerprint density at radius 3 is 2.62 bits per heavy atom. The maximum Gasteiger partial charge on any atom is 0.158 e. The molecule has 106 valence electrons. The molecule has 21 heavy (non-hydrogen) atoms. The van der Waals surface area contributed by atoms with Crippen molar-refractivity contribution in [1.29, 1.82) is 5.26 Å². The highest BCUT2D eigenvalue weighted by Crippen LogP contribution is 2.33. The van der Waals surface area contributed by atoms with Crippen LogP contribution < -0.4 is 4.90 Å². The number of anilines is 1. The molecule has 0 spiro atoms. The van der Waals surface area contributed by atoms with Gasteiger partial charge in [0.15, 0.2) is 5.69 Å². The zero-order chi connectivity index (χ0) is 14.7. The van der Waals surface area contributed by atoms with E-state index in [2.05, 4.69) is 52.1 Å². The predicted molar refractivity (Wildman–Crippen MR) is 82.0 cm³/mol. The topological polar surface area (TPSA) is 52.8 Å². The van der Waals surface area contributed by atoms with Crippen molar-refractivity contribution >= 4 is 5.82 Å². The molecule has 4 nitrogen and oxygen atoms in total. The molecule has 1 aromatic carbocycles. The molecule has 0 unspecified atom stereocenters. The van der Waals surface area contributed by atoms with E-state index in [1.807, 2.05) is 6.07 Å². The van der Waals surface area contributed by atoms with Gasteiger partial charge in [-0.3, -0.25) is 0 Å². The Balaban J connectivity index is 1.72. The minimum Gasteiger partial charge on any atom is -0.353 e. The second-order valence-electron chi connectivity index (χ2n) is 5.55. The molecule has 1 aromatic heterocycles. The van der Waals surface area contributed by atoms with Crippen molar-refractivity contribution in [1.82, 2.24) is 9.97 Å². The van der Waals surface area contributed by atoms with E-state index in [4.69, 9.17) is 5.26 Å². The summed E-state index contributed by atoms with van der Waals surface area (Å²) in [5.41, 5.74) is 1.79.